The van der Waals surface area contributed by atoms with E-state index in [2.05, 4.69) is 40.5 Å². The predicted molar refractivity (Wildman–Crippen MR) is 302 cm³/mol. The second-order valence-corrected chi connectivity index (χ2v) is 24.5. The van der Waals surface area contributed by atoms with Crippen molar-refractivity contribution in [1.29, 1.82) is 0 Å². The highest BCUT2D eigenvalue weighted by Gasteiger charge is 2.50. The number of nitrogens with one attached hydrogen (secondary N) is 2. The summed E-state index contributed by atoms with van der Waals surface area (Å²) >= 11 is 0. The van der Waals surface area contributed by atoms with Crippen LogP contribution in [0.3, 0.4) is 0 Å². The molecule has 0 bridgehead atoms. The van der Waals surface area contributed by atoms with Gasteiger partial charge in [0.05, 0.1) is 25.2 Å². The van der Waals surface area contributed by atoms with Gasteiger partial charge in [0.15, 0.2) is 47.6 Å². The molecular formula is C56H80N16O14. The quantitative estimate of drug-likeness (QED) is 0.0645. The van der Waals surface area contributed by atoms with E-state index in [1.807, 2.05) is 0 Å². The Labute approximate surface area is 495 Å². The Morgan fingerprint density at radius 1 is 0.593 bits per heavy atom. The molecule has 6 saturated heterocycles. The molecule has 8 fully saturated rings. The average Bonchev–Trinajstić information content (AvgIpc) is 4.40. The maximum Gasteiger partial charge on any atom is 0.409 e. The predicted octanol–water partition coefficient (Wildman–Crippen LogP) is -0.0882. The molecule has 10 heterocycles. The van der Waals surface area contributed by atoms with E-state index in [9.17, 15) is 49.2 Å². The zero-order chi connectivity index (χ0) is 60.5. The van der Waals surface area contributed by atoms with Gasteiger partial charge in [-0.15, -0.1) is 0 Å². The molecule has 6 amide bonds. The first-order chi connectivity index (χ1) is 41.4. The van der Waals surface area contributed by atoms with Gasteiger partial charge < -0.3 is 81.1 Å². The van der Waals surface area contributed by atoms with E-state index in [1.54, 1.807) is 33.7 Å². The summed E-state index contributed by atoms with van der Waals surface area (Å²) in [7, 11) is 3.53. The molecule has 0 radical (unpaired) electrons. The number of aryl methyl sites for hydroxylation is 2. The molecule has 6 aliphatic heterocycles. The molecule has 2 saturated carbocycles. The fourth-order valence-electron chi connectivity index (χ4n) is 12.4. The summed E-state index contributed by atoms with van der Waals surface area (Å²) in [5.41, 5.74) is 13.8. The number of hydrogen-bond acceptors (Lipinski definition) is 22. The molecule has 8 aliphatic rings. The maximum atomic E-state index is 12.5. The Kier molecular flexibility index (Phi) is 18.4. The van der Waals surface area contributed by atoms with Crippen LogP contribution >= 0.6 is 0 Å². The minimum Gasteiger partial charge on any atom is -0.449 e. The Bertz CT molecular complexity index is 3120. The van der Waals surface area contributed by atoms with Crippen LogP contribution in [0.25, 0.3) is 22.3 Å². The van der Waals surface area contributed by atoms with Gasteiger partial charge in [0, 0.05) is 90.6 Å². The van der Waals surface area contributed by atoms with Crippen LogP contribution in [0.4, 0.5) is 21.2 Å². The second-order valence-electron chi connectivity index (χ2n) is 24.5. The fraction of sp³-hybridized carbons (Fsp3) is 0.714. The third kappa shape index (κ3) is 13.7. The van der Waals surface area contributed by atoms with Crippen molar-refractivity contribution in [2.45, 2.75) is 164 Å². The highest BCUT2D eigenvalue weighted by Crippen LogP contribution is 2.36. The van der Waals surface area contributed by atoms with Crippen molar-refractivity contribution in [3.63, 3.8) is 0 Å². The zero-order valence-corrected chi connectivity index (χ0v) is 48.6. The molecule has 0 aromatic carbocycles. The fourth-order valence-corrected chi connectivity index (χ4v) is 12.4. The Morgan fingerprint density at radius 2 is 1.05 bits per heavy atom. The van der Waals surface area contributed by atoms with Crippen molar-refractivity contribution in [2.75, 3.05) is 78.0 Å². The van der Waals surface area contributed by atoms with Crippen LogP contribution in [-0.4, -0.2) is 230 Å². The minimum absolute atomic E-state index is 0.0333. The highest BCUT2D eigenvalue weighted by atomic mass is 16.6. The van der Waals surface area contributed by atoms with Crippen LogP contribution in [0, 0.1) is 23.7 Å². The molecular weight excluding hydrogens is 1120 g/mol. The molecule has 10 atom stereocenters. The molecule has 86 heavy (non-hydrogen) atoms. The van der Waals surface area contributed by atoms with Crippen molar-refractivity contribution < 1.29 is 68.1 Å². The van der Waals surface area contributed by atoms with Crippen LogP contribution in [-0.2, 0) is 51.0 Å². The second kappa shape index (κ2) is 26.1. The number of likely N-dealkylation sites (tertiary alicyclic amines) is 4. The van der Waals surface area contributed by atoms with Gasteiger partial charge in [0.25, 0.3) is 11.8 Å². The zero-order valence-electron chi connectivity index (χ0n) is 48.6. The van der Waals surface area contributed by atoms with E-state index in [4.69, 9.17) is 30.4 Å². The average molecular weight is 1200 g/mol. The summed E-state index contributed by atoms with van der Waals surface area (Å²) in [6, 6.07) is 0.186. The summed E-state index contributed by atoms with van der Waals surface area (Å²) in [6.45, 7) is 4.23. The lowest BCUT2D eigenvalue weighted by molar-refractivity contribution is -0.138. The van der Waals surface area contributed by atoms with Crippen molar-refractivity contribution in [1.82, 2.24) is 69.3 Å². The summed E-state index contributed by atoms with van der Waals surface area (Å²) in [5.74, 6) is 1.40. The van der Waals surface area contributed by atoms with E-state index in [0.717, 1.165) is 77.0 Å². The van der Waals surface area contributed by atoms with E-state index in [-0.39, 0.29) is 72.8 Å². The molecule has 4 aromatic heterocycles. The summed E-state index contributed by atoms with van der Waals surface area (Å²) in [4.78, 5) is 107. The lowest BCUT2D eigenvalue weighted by Crippen LogP contribution is -2.43. The lowest BCUT2D eigenvalue weighted by Gasteiger charge is -2.31. The van der Waals surface area contributed by atoms with Gasteiger partial charge in [-0.25, -0.2) is 39.5 Å². The van der Waals surface area contributed by atoms with E-state index in [0.29, 0.717) is 111 Å². The first-order valence-corrected chi connectivity index (χ1v) is 30.3. The van der Waals surface area contributed by atoms with Gasteiger partial charge in [-0.1, -0.05) is 0 Å². The SMILES string of the molecule is CN1CC(COC(=O)N2CCC(CCCc3nc(N)c4ncn([C@@H]5O[C@H](C(=O)NC6CC6)[C@H](O)C5O)c4n3)CC2)CC1=O.CN1CCC(COC(=O)N2CCC(CCCc3nc(N)c4ncn([C@@H]5O[C@H](C(=O)NC6CC6)[C@H](O)C5O)c4n3)CC2)C1=O. The Morgan fingerprint density at radius 3 is 1.45 bits per heavy atom. The van der Waals surface area contributed by atoms with Gasteiger partial charge in [0.2, 0.25) is 11.8 Å². The molecule has 4 aromatic rings. The molecule has 10 N–H and O–H groups in total. The molecule has 0 spiro atoms. The van der Waals surface area contributed by atoms with Crippen molar-refractivity contribution in [3.05, 3.63) is 24.3 Å². The summed E-state index contributed by atoms with van der Waals surface area (Å²) in [6.07, 6.45) is 4.99. The van der Waals surface area contributed by atoms with E-state index >= 15 is 0 Å². The number of carbonyl (C=O) groups is 6. The number of aliphatic hydroxyl groups is 4. The number of nitrogen functional groups attached to an aromatic ring is 2. The van der Waals surface area contributed by atoms with Crippen molar-refractivity contribution in [2.24, 2.45) is 23.7 Å². The maximum absolute atomic E-state index is 12.5. The van der Waals surface area contributed by atoms with Crippen molar-refractivity contribution in [3.8, 4) is 0 Å². The summed E-state index contributed by atoms with van der Waals surface area (Å²) in [5, 5.41) is 48.1. The smallest absolute Gasteiger partial charge is 0.409 e. The van der Waals surface area contributed by atoms with Gasteiger partial charge >= 0.3 is 12.2 Å². The lowest BCUT2D eigenvalue weighted by atomic mass is 9.91. The number of anilines is 2. The van der Waals surface area contributed by atoms with Gasteiger partial charge in [-0.05, 0) is 95.3 Å². The molecule has 4 unspecified atom stereocenters. The normalized spacial score (nSPS) is 28.2. The number of rotatable bonds is 18. The third-order valence-electron chi connectivity index (χ3n) is 18.0. The first-order valence-electron chi connectivity index (χ1n) is 30.3. The van der Waals surface area contributed by atoms with E-state index < -0.39 is 60.9 Å². The monoisotopic (exact) mass is 1200 g/mol. The number of fused-ring (bicyclic) bond motifs is 2. The standard InChI is InChI=1S/2C28H40N8O7/c1-34-10-9-16(26(34)40)13-42-28(41)35-11-7-15(8-12-35)3-2-4-18-32-23(29)19-24(33-18)36(14-30-19)27-21(38)20(37)22(43-27)25(39)31-17-5-6-17;1-34-12-16(11-19(34)37)13-42-28(41)35-9-7-15(8-10-35)3-2-4-18-32-24(29)20-25(33-18)36(14-30-20)27-22(39)21(38)23(43-27)26(40)31-17-5-6-17/h14-17,20-22,27,37-38H,2-13H2,1H3,(H,31,39)(H2,29,32,33);14-17,21-23,27,38-39H,2-13H2,1H3,(H,31,40)(H2,29,32,33)/t16?,20-,21?,22+,27-;16?,21-,22?,23+,27-/m11/s1. The van der Waals surface area contributed by atoms with Crippen LogP contribution in [0.2, 0.25) is 0 Å². The number of piperidine rings is 2. The number of aliphatic hydroxyl groups excluding tert-OH is 4. The molecule has 30 nitrogen and oxygen atoms in total. The largest absolute Gasteiger partial charge is 0.449 e. The summed E-state index contributed by atoms with van der Waals surface area (Å²) < 4.78 is 25.5. The minimum atomic E-state index is -1.40. The number of amides is 6. The molecule has 468 valence electrons. The topological polar surface area (TPSA) is 397 Å². The van der Waals surface area contributed by atoms with Crippen LogP contribution in [0.15, 0.2) is 12.7 Å². The van der Waals surface area contributed by atoms with Crippen LogP contribution < -0.4 is 22.1 Å². The number of aromatic nitrogens is 8. The number of ether oxygens (including phenoxy) is 4. The third-order valence-corrected chi connectivity index (χ3v) is 18.0. The number of nitrogens with zero attached hydrogens (tertiary/aromatic N) is 12. The molecule has 2 aliphatic carbocycles. The van der Waals surface area contributed by atoms with Crippen LogP contribution in [0.1, 0.15) is 114 Å². The molecule has 30 heteroatoms. The van der Waals surface area contributed by atoms with Gasteiger partial charge in [-0.3, -0.25) is 28.3 Å². The number of nitrogens with two attached hydrogens (primary N) is 2. The van der Waals surface area contributed by atoms with Gasteiger partial charge in [0.1, 0.15) is 53.7 Å². The molecule has 12 rings (SSSR count). The van der Waals surface area contributed by atoms with E-state index in [1.165, 1.54) is 21.8 Å². The van der Waals surface area contributed by atoms with Crippen molar-refractivity contribution >= 4 is 69.8 Å². The van der Waals surface area contributed by atoms with Gasteiger partial charge in [-0.2, -0.15) is 0 Å². The number of hydrogen-bond donors (Lipinski definition) is 8. The Balaban J connectivity index is 0.000000179. The Hall–Kier alpha value is -7.12. The highest BCUT2D eigenvalue weighted by molar-refractivity contribution is 5.85. The van der Waals surface area contributed by atoms with Crippen LogP contribution in [0.5, 0.6) is 0 Å². The number of carbonyl (C=O) groups excluding carboxylic acids is 6. The first kappa shape index (κ1) is 60.6. The number of imidazole rings is 2.